The second kappa shape index (κ2) is 7.65. The largest absolute Gasteiger partial charge is 0.390 e. The molecule has 9 heteroatoms. The van der Waals surface area contributed by atoms with Crippen LogP contribution in [-0.2, 0) is 11.4 Å². The molecule has 2 N–H and O–H groups in total. The molecule has 0 unspecified atom stereocenters. The molecule has 0 radical (unpaired) electrons. The summed E-state index contributed by atoms with van der Waals surface area (Å²) in [6, 6.07) is 11.0. The average molecular weight is 411 g/mol. The van der Waals surface area contributed by atoms with Gasteiger partial charge in [-0.1, -0.05) is 28.9 Å². The summed E-state index contributed by atoms with van der Waals surface area (Å²) in [5, 5.41) is 20.7. The number of amides is 1. The predicted molar refractivity (Wildman–Crippen MR) is 113 cm³/mol. The molecular weight excluding hydrogens is 392 g/mol. The molecule has 8 nitrogen and oxygen atoms in total. The minimum atomic E-state index is -0.179. The van der Waals surface area contributed by atoms with Crippen LogP contribution in [0.1, 0.15) is 17.7 Å². The molecule has 0 atom stereocenters. The van der Waals surface area contributed by atoms with E-state index in [1.807, 2.05) is 49.3 Å². The number of nitrogens with one attached hydrogen (secondary N) is 1. The Labute approximate surface area is 172 Å². The highest BCUT2D eigenvalue weighted by atomic mass is 35.5. The first kappa shape index (κ1) is 19.1. The fraction of sp³-hybridized carbons (Fsp3) is 0.200. The van der Waals surface area contributed by atoms with Crippen LogP contribution in [0.15, 0.2) is 47.6 Å². The van der Waals surface area contributed by atoms with Gasteiger partial charge in [-0.2, -0.15) is 0 Å². The summed E-state index contributed by atoms with van der Waals surface area (Å²) in [7, 11) is 3.79. The van der Waals surface area contributed by atoms with Crippen molar-refractivity contribution in [3.8, 4) is 5.69 Å². The average Bonchev–Trinajstić information content (AvgIpc) is 3.11. The lowest BCUT2D eigenvalue weighted by atomic mass is 10.1. The topological polar surface area (TPSA) is 95.6 Å². The van der Waals surface area contributed by atoms with Crippen molar-refractivity contribution in [1.29, 1.82) is 0 Å². The van der Waals surface area contributed by atoms with Crippen LogP contribution < -0.4 is 10.2 Å². The Morgan fingerprint density at radius 3 is 2.86 bits per heavy atom. The summed E-state index contributed by atoms with van der Waals surface area (Å²) >= 11 is 6.34. The van der Waals surface area contributed by atoms with Crippen molar-refractivity contribution < 1.29 is 9.90 Å². The molecule has 0 bridgehead atoms. The van der Waals surface area contributed by atoms with Crippen molar-refractivity contribution in [2.24, 2.45) is 4.99 Å². The first-order chi connectivity index (χ1) is 14.0. The van der Waals surface area contributed by atoms with Gasteiger partial charge in [-0.25, -0.2) is 4.68 Å². The number of carbonyl (C=O) groups excluding carboxylic acids is 1. The Morgan fingerprint density at radius 2 is 2.10 bits per heavy atom. The first-order valence-electron chi connectivity index (χ1n) is 8.96. The molecule has 1 amide bonds. The molecule has 0 fully saturated rings. The number of halogens is 1. The number of anilines is 2. The van der Waals surface area contributed by atoms with Gasteiger partial charge in [-0.3, -0.25) is 9.79 Å². The molecule has 1 aliphatic heterocycles. The summed E-state index contributed by atoms with van der Waals surface area (Å²) in [6.45, 7) is -0.179. The maximum absolute atomic E-state index is 12.5. The molecule has 1 aliphatic rings. The van der Waals surface area contributed by atoms with Gasteiger partial charge in [-0.05, 0) is 29.8 Å². The third-order valence-corrected chi connectivity index (χ3v) is 4.91. The predicted octanol–water partition coefficient (Wildman–Crippen LogP) is 2.94. The quantitative estimate of drug-likeness (QED) is 0.689. The van der Waals surface area contributed by atoms with E-state index in [1.54, 1.807) is 10.7 Å². The van der Waals surface area contributed by atoms with Crippen LogP contribution in [-0.4, -0.2) is 45.8 Å². The van der Waals surface area contributed by atoms with E-state index in [4.69, 9.17) is 16.6 Å². The van der Waals surface area contributed by atoms with Gasteiger partial charge in [0.15, 0.2) is 0 Å². The van der Waals surface area contributed by atoms with E-state index in [9.17, 15) is 9.90 Å². The zero-order chi connectivity index (χ0) is 20.5. The number of nitrogens with zero attached hydrogens (tertiary/aromatic N) is 5. The number of aliphatic hydroxyl groups is 1. The van der Waals surface area contributed by atoms with Crippen molar-refractivity contribution in [1.82, 2.24) is 15.0 Å². The molecule has 0 spiro atoms. The van der Waals surface area contributed by atoms with Crippen LogP contribution in [0.3, 0.4) is 0 Å². The maximum atomic E-state index is 12.5. The van der Waals surface area contributed by atoms with Crippen LogP contribution in [0.5, 0.6) is 0 Å². The molecule has 0 saturated heterocycles. The second-order valence-electron chi connectivity index (χ2n) is 6.84. The number of benzene rings is 2. The van der Waals surface area contributed by atoms with Crippen molar-refractivity contribution in [3.05, 3.63) is 58.9 Å². The summed E-state index contributed by atoms with van der Waals surface area (Å²) < 4.78 is 1.55. The standard InChI is InChI=1S/C20H19ClN6O2/c1-26(2)19-8-18-17(7-15(19)21)24-20(29)9-16(23-18)12-4-3-5-13(6-12)27-14(11-28)10-22-25-27/h3-8,10,28H,9,11H2,1-2H3,(H,24,29). The van der Waals surface area contributed by atoms with Gasteiger partial charge in [0.05, 0.1) is 58.4 Å². The van der Waals surface area contributed by atoms with E-state index in [0.29, 0.717) is 27.8 Å². The molecule has 2 heterocycles. The SMILES string of the molecule is CN(C)c1cc2c(cc1Cl)NC(=O)CC(c1cccc(-n3nncc3CO)c1)=N2. The van der Waals surface area contributed by atoms with E-state index < -0.39 is 0 Å². The van der Waals surface area contributed by atoms with Crippen molar-refractivity contribution in [3.63, 3.8) is 0 Å². The normalized spacial score (nSPS) is 13.4. The highest BCUT2D eigenvalue weighted by molar-refractivity contribution is 6.34. The minimum Gasteiger partial charge on any atom is -0.390 e. The molecule has 29 heavy (non-hydrogen) atoms. The highest BCUT2D eigenvalue weighted by Crippen LogP contribution is 2.38. The van der Waals surface area contributed by atoms with Crippen LogP contribution in [0, 0.1) is 0 Å². The number of aromatic nitrogens is 3. The number of hydrogen-bond acceptors (Lipinski definition) is 6. The zero-order valence-electron chi connectivity index (χ0n) is 15.9. The lowest BCUT2D eigenvalue weighted by molar-refractivity contribution is -0.115. The van der Waals surface area contributed by atoms with Crippen LogP contribution in [0.4, 0.5) is 17.1 Å². The molecular formula is C20H19ClN6O2. The first-order valence-corrected chi connectivity index (χ1v) is 9.33. The number of aliphatic imine (C=N–C) groups is 1. The number of fused-ring (bicyclic) bond motifs is 1. The van der Waals surface area contributed by atoms with Gasteiger partial charge < -0.3 is 15.3 Å². The summed E-state index contributed by atoms with van der Waals surface area (Å²) in [5.74, 6) is -0.168. The van der Waals surface area contributed by atoms with Gasteiger partial charge in [-0.15, -0.1) is 5.10 Å². The summed E-state index contributed by atoms with van der Waals surface area (Å²) in [6.07, 6.45) is 1.63. The van der Waals surface area contributed by atoms with Gasteiger partial charge in [0.25, 0.3) is 0 Å². The minimum absolute atomic E-state index is 0.122. The van der Waals surface area contributed by atoms with Crippen LogP contribution >= 0.6 is 11.6 Å². The molecule has 0 aliphatic carbocycles. The Morgan fingerprint density at radius 1 is 1.28 bits per heavy atom. The van der Waals surface area contributed by atoms with Gasteiger partial charge in [0, 0.05) is 14.1 Å². The molecule has 1 aromatic heterocycles. The lowest BCUT2D eigenvalue weighted by Gasteiger charge is -2.16. The summed E-state index contributed by atoms with van der Waals surface area (Å²) in [4.78, 5) is 19.1. The van der Waals surface area contributed by atoms with E-state index in [1.165, 1.54) is 6.20 Å². The van der Waals surface area contributed by atoms with Crippen molar-refractivity contribution in [2.75, 3.05) is 24.3 Å². The molecule has 4 rings (SSSR count). The Hall–Kier alpha value is -3.23. The Bertz CT molecular complexity index is 1120. The third-order valence-electron chi connectivity index (χ3n) is 4.61. The fourth-order valence-corrected chi connectivity index (χ4v) is 3.52. The zero-order valence-corrected chi connectivity index (χ0v) is 16.7. The lowest BCUT2D eigenvalue weighted by Crippen LogP contribution is -2.15. The van der Waals surface area contributed by atoms with Gasteiger partial charge in [0.1, 0.15) is 0 Å². The molecule has 148 valence electrons. The van der Waals surface area contributed by atoms with Crippen molar-refractivity contribution in [2.45, 2.75) is 13.0 Å². The summed E-state index contributed by atoms with van der Waals surface area (Å²) in [5.41, 5.74) is 4.73. The van der Waals surface area contributed by atoms with Crippen molar-refractivity contribution >= 4 is 40.3 Å². The monoisotopic (exact) mass is 410 g/mol. The van der Waals surface area contributed by atoms with Gasteiger partial charge in [0.2, 0.25) is 5.91 Å². The smallest absolute Gasteiger partial charge is 0.230 e. The number of rotatable bonds is 4. The van der Waals surface area contributed by atoms with E-state index in [2.05, 4.69) is 15.6 Å². The van der Waals surface area contributed by atoms with Gasteiger partial charge >= 0.3 is 0 Å². The highest BCUT2D eigenvalue weighted by Gasteiger charge is 2.20. The fourth-order valence-electron chi connectivity index (χ4n) is 3.18. The van der Waals surface area contributed by atoms with E-state index >= 15 is 0 Å². The molecule has 0 saturated carbocycles. The Kier molecular flexibility index (Phi) is 5.04. The van der Waals surface area contributed by atoms with E-state index in [0.717, 1.165) is 16.9 Å². The number of carbonyl (C=O) groups is 1. The molecule has 3 aromatic rings. The van der Waals surface area contributed by atoms with E-state index in [-0.39, 0.29) is 18.9 Å². The number of aliphatic hydroxyl groups excluding tert-OH is 1. The number of hydrogen-bond donors (Lipinski definition) is 2. The Balaban J connectivity index is 1.81. The maximum Gasteiger partial charge on any atom is 0.230 e. The van der Waals surface area contributed by atoms with Crippen LogP contribution in [0.2, 0.25) is 5.02 Å². The van der Waals surface area contributed by atoms with Crippen LogP contribution in [0.25, 0.3) is 5.69 Å². The second-order valence-corrected chi connectivity index (χ2v) is 7.25. The molecule has 2 aromatic carbocycles. The third kappa shape index (κ3) is 3.72.